The van der Waals surface area contributed by atoms with Crippen LogP contribution in [-0.2, 0) is 6.42 Å². The summed E-state index contributed by atoms with van der Waals surface area (Å²) in [5.41, 5.74) is 14.0. The van der Waals surface area contributed by atoms with Gasteiger partial charge in [0.2, 0.25) is 0 Å². The van der Waals surface area contributed by atoms with E-state index in [-0.39, 0.29) is 0 Å². The van der Waals surface area contributed by atoms with E-state index in [1.807, 2.05) is 11.3 Å². The van der Waals surface area contributed by atoms with Crippen LogP contribution in [0, 0.1) is 5.92 Å². The topological polar surface area (TPSA) is 0 Å². The lowest BCUT2D eigenvalue weighted by Crippen LogP contribution is -2.18. The molecule has 0 nitrogen and oxygen atoms in total. The van der Waals surface area contributed by atoms with Gasteiger partial charge in [-0.15, -0.1) is 11.3 Å². The van der Waals surface area contributed by atoms with Crippen molar-refractivity contribution in [3.63, 3.8) is 0 Å². The van der Waals surface area contributed by atoms with E-state index in [9.17, 15) is 0 Å². The highest BCUT2D eigenvalue weighted by Crippen LogP contribution is 2.43. The SMILES string of the molecule is CC(c1ccccc1)[C@@H](Cc1ccc(-c2cccc3c2sc2ccccc23)cc1)C1=CC=C(C2=CC(c3ccccc3)=CC(c3ccccc3)C2)CC1. The van der Waals surface area contributed by atoms with Gasteiger partial charge < -0.3 is 0 Å². The van der Waals surface area contributed by atoms with Crippen LogP contribution < -0.4 is 0 Å². The third kappa shape index (κ3) is 6.90. The zero-order valence-corrected chi connectivity index (χ0v) is 31.1. The van der Waals surface area contributed by atoms with E-state index in [0.717, 1.165) is 25.7 Å². The molecule has 3 atom stereocenters. The lowest BCUT2D eigenvalue weighted by Gasteiger charge is -2.31. The molecule has 2 aliphatic rings. The van der Waals surface area contributed by atoms with Crippen molar-refractivity contribution in [3.8, 4) is 11.1 Å². The molecule has 1 heteroatoms. The molecular weight excluding hydrogens is 657 g/mol. The van der Waals surface area contributed by atoms with Crippen molar-refractivity contribution in [2.45, 2.75) is 44.4 Å². The maximum Gasteiger partial charge on any atom is 0.0433 e. The van der Waals surface area contributed by atoms with Crippen molar-refractivity contribution in [2.24, 2.45) is 5.92 Å². The molecule has 0 fully saturated rings. The van der Waals surface area contributed by atoms with Crippen LogP contribution in [0.4, 0.5) is 0 Å². The average Bonchev–Trinajstić information content (AvgIpc) is 3.63. The van der Waals surface area contributed by atoms with Gasteiger partial charge in [0.05, 0.1) is 0 Å². The summed E-state index contributed by atoms with van der Waals surface area (Å²) in [4.78, 5) is 0. The largest absolute Gasteiger partial charge is 0.135 e. The molecule has 2 aliphatic carbocycles. The molecule has 0 saturated carbocycles. The predicted octanol–water partition coefficient (Wildman–Crippen LogP) is 14.5. The third-order valence-electron chi connectivity index (χ3n) is 11.6. The van der Waals surface area contributed by atoms with Crippen LogP contribution in [-0.4, -0.2) is 0 Å². The first-order valence-electron chi connectivity index (χ1n) is 19.2. The van der Waals surface area contributed by atoms with Gasteiger partial charge in [0, 0.05) is 26.1 Å². The highest BCUT2D eigenvalue weighted by atomic mass is 32.1. The van der Waals surface area contributed by atoms with Gasteiger partial charge in [-0.25, -0.2) is 0 Å². The second-order valence-electron chi connectivity index (χ2n) is 14.8. The predicted molar refractivity (Wildman–Crippen MR) is 229 cm³/mol. The number of hydrogen-bond donors (Lipinski definition) is 0. The number of allylic oxidation sites excluding steroid dienone is 8. The maximum absolute atomic E-state index is 2.48. The van der Waals surface area contributed by atoms with Crippen LogP contribution in [0.25, 0.3) is 36.9 Å². The number of fused-ring (bicyclic) bond motifs is 3. The first-order valence-corrected chi connectivity index (χ1v) is 20.0. The Morgan fingerprint density at radius 1 is 0.604 bits per heavy atom. The summed E-state index contributed by atoms with van der Waals surface area (Å²) < 4.78 is 2.73. The molecule has 0 saturated heterocycles. The Hall–Kier alpha value is -5.50. The zero-order valence-electron chi connectivity index (χ0n) is 30.3. The van der Waals surface area contributed by atoms with Gasteiger partial charge >= 0.3 is 0 Å². The molecule has 1 heterocycles. The Bertz CT molecular complexity index is 2490. The van der Waals surface area contributed by atoms with Gasteiger partial charge in [-0.1, -0.05) is 188 Å². The van der Waals surface area contributed by atoms with Crippen LogP contribution in [0.5, 0.6) is 0 Å². The van der Waals surface area contributed by atoms with E-state index in [1.54, 1.807) is 5.57 Å². The number of rotatable bonds is 9. The Labute approximate surface area is 318 Å². The first kappa shape index (κ1) is 33.3. The lowest BCUT2D eigenvalue weighted by molar-refractivity contribution is 0.492. The van der Waals surface area contributed by atoms with E-state index in [1.165, 1.54) is 70.3 Å². The van der Waals surface area contributed by atoms with Gasteiger partial charge in [0.15, 0.2) is 0 Å². The molecule has 2 unspecified atom stereocenters. The summed E-state index contributed by atoms with van der Waals surface area (Å²) in [6.45, 7) is 2.43. The standard InChI is InChI=1S/C52H44S/c1-36(38-14-5-2-6-15-38)50(32-37-24-26-42(27-25-37)47-21-13-22-49-48-20-11-12-23-51(48)53-52(47)49)43-30-28-41(29-31-43)46-34-44(39-16-7-3-8-17-39)33-45(35-46)40-18-9-4-10-19-40/h2-28,30,33-34,36,45,50H,29,31-32,35H2,1H3/t36?,45?,50-/m1/s1. The van der Waals surface area contributed by atoms with Gasteiger partial charge in [-0.2, -0.15) is 0 Å². The summed E-state index contributed by atoms with van der Waals surface area (Å²) in [5.74, 6) is 1.20. The van der Waals surface area contributed by atoms with Crippen molar-refractivity contribution < 1.29 is 0 Å². The molecule has 0 N–H and O–H groups in total. The van der Waals surface area contributed by atoms with Gasteiger partial charge in [-0.3, -0.25) is 0 Å². The van der Waals surface area contributed by atoms with E-state index in [0.29, 0.717) is 17.8 Å². The Kier molecular flexibility index (Phi) is 9.35. The number of thiophene rings is 1. The molecule has 0 aliphatic heterocycles. The molecule has 258 valence electrons. The molecule has 0 amide bonds. The van der Waals surface area contributed by atoms with Gasteiger partial charge in [0.25, 0.3) is 0 Å². The van der Waals surface area contributed by atoms with E-state index < -0.39 is 0 Å². The highest BCUT2D eigenvalue weighted by Gasteiger charge is 2.27. The fraction of sp³-hybridized carbons (Fsp3) is 0.154. The molecule has 1 aromatic heterocycles. The second kappa shape index (κ2) is 14.9. The normalized spacial score (nSPS) is 17.1. The van der Waals surface area contributed by atoms with Gasteiger partial charge in [0.1, 0.15) is 0 Å². The molecule has 7 aromatic rings. The second-order valence-corrected chi connectivity index (χ2v) is 15.9. The minimum atomic E-state index is 0.373. The number of benzene rings is 6. The van der Waals surface area contributed by atoms with Crippen molar-refractivity contribution in [2.75, 3.05) is 0 Å². The van der Waals surface area contributed by atoms with Crippen molar-refractivity contribution in [3.05, 3.63) is 221 Å². The molecule has 0 bridgehead atoms. The lowest BCUT2D eigenvalue weighted by atomic mass is 9.74. The molecule has 0 radical (unpaired) electrons. The van der Waals surface area contributed by atoms with Crippen LogP contribution in [0.3, 0.4) is 0 Å². The zero-order chi connectivity index (χ0) is 35.6. The fourth-order valence-electron chi connectivity index (χ4n) is 8.65. The molecule has 0 spiro atoms. The van der Waals surface area contributed by atoms with E-state index in [2.05, 4.69) is 189 Å². The molecule has 6 aromatic carbocycles. The maximum atomic E-state index is 2.48. The molecule has 9 rings (SSSR count). The van der Waals surface area contributed by atoms with Crippen LogP contribution in [0.1, 0.15) is 60.3 Å². The van der Waals surface area contributed by atoms with Crippen molar-refractivity contribution in [1.29, 1.82) is 0 Å². The average molecular weight is 701 g/mol. The molecular formula is C52H44S. The first-order chi connectivity index (χ1) is 26.2. The van der Waals surface area contributed by atoms with E-state index in [4.69, 9.17) is 0 Å². The van der Waals surface area contributed by atoms with Gasteiger partial charge in [-0.05, 0) is 93.7 Å². The molecule has 53 heavy (non-hydrogen) atoms. The Balaban J connectivity index is 1.02. The van der Waals surface area contributed by atoms with Crippen LogP contribution in [0.2, 0.25) is 0 Å². The van der Waals surface area contributed by atoms with Crippen LogP contribution >= 0.6 is 11.3 Å². The number of hydrogen-bond acceptors (Lipinski definition) is 1. The van der Waals surface area contributed by atoms with Crippen molar-refractivity contribution in [1.82, 2.24) is 0 Å². The van der Waals surface area contributed by atoms with Crippen LogP contribution in [0.15, 0.2) is 199 Å². The summed E-state index contributed by atoms with van der Waals surface area (Å²) in [6, 6.07) is 58.1. The minimum Gasteiger partial charge on any atom is -0.135 e. The summed E-state index contributed by atoms with van der Waals surface area (Å²) >= 11 is 1.91. The monoisotopic (exact) mass is 700 g/mol. The Morgan fingerprint density at radius 3 is 2.06 bits per heavy atom. The summed E-state index contributed by atoms with van der Waals surface area (Å²) in [6.07, 6.45) is 14.1. The van der Waals surface area contributed by atoms with E-state index >= 15 is 0 Å². The summed E-state index contributed by atoms with van der Waals surface area (Å²) in [7, 11) is 0. The third-order valence-corrected chi connectivity index (χ3v) is 12.8. The Morgan fingerprint density at radius 2 is 1.30 bits per heavy atom. The van der Waals surface area contributed by atoms with Crippen molar-refractivity contribution >= 4 is 37.1 Å². The smallest absolute Gasteiger partial charge is 0.0433 e. The fourth-order valence-corrected chi connectivity index (χ4v) is 9.89. The quantitative estimate of drug-likeness (QED) is 0.141. The minimum absolute atomic E-state index is 0.373. The summed E-state index contributed by atoms with van der Waals surface area (Å²) in [5, 5.41) is 2.71. The highest BCUT2D eigenvalue weighted by molar-refractivity contribution is 7.26.